The summed E-state index contributed by atoms with van der Waals surface area (Å²) in [6.07, 6.45) is -2.78. The van der Waals surface area contributed by atoms with Crippen LogP contribution in [0.15, 0.2) is 78.0 Å². The SMILES string of the molecule is O=Nc1ccc(OC2CCN(C(=S)CCN3CCN(c4ccc(OCc5ccccc5)cc4)CC3)CC2)cc1C(F)(F)F. The van der Waals surface area contributed by atoms with E-state index in [0.29, 0.717) is 32.5 Å². The lowest BCUT2D eigenvalue weighted by Gasteiger charge is -2.37. The number of ether oxygens (including phenoxy) is 2. The Labute approximate surface area is 255 Å². The molecular formula is C32H35F3N4O3S. The summed E-state index contributed by atoms with van der Waals surface area (Å²) in [4.78, 5) is 18.7. The second kappa shape index (κ2) is 14.2. The number of halogens is 3. The van der Waals surface area contributed by atoms with E-state index in [1.807, 2.05) is 30.3 Å². The molecule has 11 heteroatoms. The maximum atomic E-state index is 13.2. The van der Waals surface area contributed by atoms with Gasteiger partial charge < -0.3 is 19.3 Å². The number of hydrogen-bond acceptors (Lipinski definition) is 7. The van der Waals surface area contributed by atoms with Gasteiger partial charge in [0.25, 0.3) is 0 Å². The highest BCUT2D eigenvalue weighted by Gasteiger charge is 2.35. The van der Waals surface area contributed by atoms with Crippen LogP contribution in [0.3, 0.4) is 0 Å². The van der Waals surface area contributed by atoms with Crippen LogP contribution in [0, 0.1) is 4.91 Å². The summed E-state index contributed by atoms with van der Waals surface area (Å²) < 4.78 is 51.4. The lowest BCUT2D eigenvalue weighted by molar-refractivity contribution is -0.137. The molecule has 0 atom stereocenters. The van der Waals surface area contributed by atoms with Crippen molar-refractivity contribution in [3.63, 3.8) is 0 Å². The van der Waals surface area contributed by atoms with Crippen LogP contribution >= 0.6 is 12.2 Å². The van der Waals surface area contributed by atoms with Crippen molar-refractivity contribution in [1.82, 2.24) is 9.80 Å². The molecular weight excluding hydrogens is 577 g/mol. The fraction of sp³-hybridized carbons (Fsp3) is 0.406. The normalized spacial score (nSPS) is 16.6. The van der Waals surface area contributed by atoms with E-state index in [4.69, 9.17) is 21.7 Å². The van der Waals surface area contributed by atoms with E-state index in [-0.39, 0.29) is 11.9 Å². The van der Waals surface area contributed by atoms with Gasteiger partial charge in [0.05, 0.1) is 10.6 Å². The Bertz CT molecular complexity index is 1360. The van der Waals surface area contributed by atoms with Gasteiger partial charge in [-0.25, -0.2) is 0 Å². The van der Waals surface area contributed by atoms with Crippen molar-refractivity contribution in [2.45, 2.75) is 38.1 Å². The lowest BCUT2D eigenvalue weighted by atomic mass is 10.1. The van der Waals surface area contributed by atoms with Gasteiger partial charge >= 0.3 is 6.18 Å². The van der Waals surface area contributed by atoms with E-state index in [0.717, 1.165) is 67.6 Å². The molecule has 2 aliphatic rings. The average molecular weight is 613 g/mol. The molecule has 2 saturated heterocycles. The van der Waals surface area contributed by atoms with Crippen molar-refractivity contribution in [3.8, 4) is 11.5 Å². The number of rotatable bonds is 10. The van der Waals surface area contributed by atoms with Crippen molar-refractivity contribution >= 4 is 28.6 Å². The predicted octanol–water partition coefficient (Wildman–Crippen LogP) is 7.07. The van der Waals surface area contributed by atoms with Crippen LogP contribution in [0.25, 0.3) is 0 Å². The highest BCUT2D eigenvalue weighted by Crippen LogP contribution is 2.39. The number of thiocarbonyl (C=S) groups is 1. The van der Waals surface area contributed by atoms with Crippen LogP contribution in [0.2, 0.25) is 0 Å². The third-order valence-electron chi connectivity index (χ3n) is 7.93. The van der Waals surface area contributed by atoms with E-state index in [2.05, 4.69) is 44.1 Å². The monoisotopic (exact) mass is 612 g/mol. The molecule has 2 fully saturated rings. The zero-order chi connectivity index (χ0) is 30.2. The lowest BCUT2D eigenvalue weighted by Crippen LogP contribution is -2.48. The number of benzene rings is 3. The molecule has 228 valence electrons. The summed E-state index contributed by atoms with van der Waals surface area (Å²) in [5.74, 6) is 0.948. The zero-order valence-electron chi connectivity index (χ0n) is 23.8. The van der Waals surface area contributed by atoms with Gasteiger partial charge in [0.2, 0.25) is 0 Å². The fourth-order valence-corrected chi connectivity index (χ4v) is 5.72. The highest BCUT2D eigenvalue weighted by molar-refractivity contribution is 7.80. The Morgan fingerprint density at radius 1 is 0.884 bits per heavy atom. The Kier molecular flexibility index (Phi) is 10.1. The largest absolute Gasteiger partial charge is 0.490 e. The first-order valence-corrected chi connectivity index (χ1v) is 14.9. The third-order valence-corrected chi connectivity index (χ3v) is 8.40. The highest BCUT2D eigenvalue weighted by atomic mass is 32.1. The second-order valence-electron chi connectivity index (χ2n) is 10.8. The molecule has 3 aromatic carbocycles. The Morgan fingerprint density at radius 3 is 2.21 bits per heavy atom. The molecule has 2 heterocycles. The number of nitrogens with zero attached hydrogens (tertiary/aromatic N) is 4. The summed E-state index contributed by atoms with van der Waals surface area (Å²) >= 11 is 5.73. The summed E-state index contributed by atoms with van der Waals surface area (Å²) in [5.41, 5.74) is 0.615. The molecule has 5 rings (SSSR count). The minimum Gasteiger partial charge on any atom is -0.490 e. The Morgan fingerprint density at radius 2 is 1.56 bits per heavy atom. The van der Waals surface area contributed by atoms with Crippen molar-refractivity contribution in [3.05, 3.63) is 88.8 Å². The maximum absolute atomic E-state index is 13.2. The molecule has 0 unspecified atom stereocenters. The molecule has 7 nitrogen and oxygen atoms in total. The molecule has 0 bridgehead atoms. The van der Waals surface area contributed by atoms with E-state index in [1.165, 1.54) is 11.8 Å². The third kappa shape index (κ3) is 8.45. The predicted molar refractivity (Wildman–Crippen MR) is 165 cm³/mol. The second-order valence-corrected chi connectivity index (χ2v) is 11.3. The number of hydrogen-bond donors (Lipinski definition) is 0. The van der Waals surface area contributed by atoms with Gasteiger partial charge in [-0.05, 0) is 53.2 Å². The van der Waals surface area contributed by atoms with Crippen molar-refractivity contribution in [2.75, 3.05) is 50.7 Å². The van der Waals surface area contributed by atoms with Gasteiger partial charge in [0.15, 0.2) is 0 Å². The number of anilines is 1. The van der Waals surface area contributed by atoms with Crippen LogP contribution in [-0.2, 0) is 12.8 Å². The molecule has 0 aromatic heterocycles. The molecule has 3 aromatic rings. The van der Waals surface area contributed by atoms with Crippen molar-refractivity contribution < 1.29 is 22.6 Å². The minimum absolute atomic E-state index is 0.0900. The van der Waals surface area contributed by atoms with Gasteiger partial charge in [-0.3, -0.25) is 4.90 Å². The summed E-state index contributed by atoms with van der Waals surface area (Å²) in [7, 11) is 0. The quantitative estimate of drug-likeness (QED) is 0.179. The first-order valence-electron chi connectivity index (χ1n) is 14.5. The van der Waals surface area contributed by atoms with Crippen LogP contribution in [0.1, 0.15) is 30.4 Å². The maximum Gasteiger partial charge on any atom is 0.418 e. The first-order chi connectivity index (χ1) is 20.8. The summed E-state index contributed by atoms with van der Waals surface area (Å²) in [6.45, 7) is 6.65. The number of piperidine rings is 1. The van der Waals surface area contributed by atoms with E-state index < -0.39 is 17.4 Å². The molecule has 2 aliphatic heterocycles. The minimum atomic E-state index is -4.67. The van der Waals surface area contributed by atoms with Gasteiger partial charge in [0.1, 0.15) is 29.9 Å². The molecule has 0 radical (unpaired) electrons. The standard InChI is InChI=1S/C32H35F3N4O3S/c33-32(34,35)29-22-28(10-11-30(29)36-40)42-27-12-16-39(17-13-27)31(43)14-15-37-18-20-38(21-19-37)25-6-8-26(9-7-25)41-23-24-4-2-1-3-5-24/h1-11,22,27H,12-21,23H2. The van der Waals surface area contributed by atoms with Crippen molar-refractivity contribution in [2.24, 2.45) is 5.18 Å². The van der Waals surface area contributed by atoms with Gasteiger partial charge in [-0.2, -0.15) is 13.2 Å². The molecule has 43 heavy (non-hydrogen) atoms. The number of nitroso groups, excluding NO2 is 1. The number of alkyl halides is 3. The Hall–Kier alpha value is -3.70. The van der Waals surface area contributed by atoms with Crippen LogP contribution in [-0.4, -0.2) is 66.7 Å². The molecule has 0 spiro atoms. The molecule has 0 aliphatic carbocycles. The topological polar surface area (TPSA) is 57.6 Å². The molecule has 0 saturated carbocycles. The van der Waals surface area contributed by atoms with Crippen LogP contribution in [0.5, 0.6) is 11.5 Å². The van der Waals surface area contributed by atoms with Crippen molar-refractivity contribution in [1.29, 1.82) is 0 Å². The van der Waals surface area contributed by atoms with E-state index >= 15 is 0 Å². The summed E-state index contributed by atoms with van der Waals surface area (Å²) in [6, 6.07) is 21.7. The van der Waals surface area contributed by atoms with Crippen LogP contribution < -0.4 is 14.4 Å². The fourth-order valence-electron chi connectivity index (χ4n) is 5.45. The van der Waals surface area contributed by atoms with Gasteiger partial charge in [-0.1, -0.05) is 42.5 Å². The molecule has 0 amide bonds. The Balaban J connectivity index is 1.00. The van der Waals surface area contributed by atoms with E-state index in [1.54, 1.807) is 0 Å². The van der Waals surface area contributed by atoms with Crippen LogP contribution in [0.4, 0.5) is 24.5 Å². The number of piperazine rings is 1. The average Bonchev–Trinajstić information content (AvgIpc) is 3.03. The first kappa shape index (κ1) is 30.7. The summed E-state index contributed by atoms with van der Waals surface area (Å²) in [5, 5.41) is 2.48. The van der Waals surface area contributed by atoms with Gasteiger partial charge in [0, 0.05) is 70.8 Å². The van der Waals surface area contributed by atoms with Gasteiger partial charge in [-0.15, -0.1) is 4.91 Å². The van der Waals surface area contributed by atoms with E-state index in [9.17, 15) is 18.1 Å². The molecule has 0 N–H and O–H groups in total. The zero-order valence-corrected chi connectivity index (χ0v) is 24.7. The smallest absolute Gasteiger partial charge is 0.418 e. The number of likely N-dealkylation sites (tertiary alicyclic amines) is 1.